The van der Waals surface area contributed by atoms with E-state index in [0.29, 0.717) is 16.3 Å². The summed E-state index contributed by atoms with van der Waals surface area (Å²) in [5.41, 5.74) is 0.796. The third kappa shape index (κ3) is 3.29. The smallest absolute Gasteiger partial charge is 0.337 e. The van der Waals surface area contributed by atoms with Gasteiger partial charge in [-0.25, -0.2) is 4.79 Å². The number of ether oxygens (including phenoxy) is 1. The van der Waals surface area contributed by atoms with Crippen molar-refractivity contribution in [3.05, 3.63) is 28.8 Å². The number of nitrogens with zero attached hydrogens (tertiary/aromatic N) is 1. The molecule has 1 aliphatic rings. The molecule has 6 heteroatoms. The maximum absolute atomic E-state index is 12.2. The summed E-state index contributed by atoms with van der Waals surface area (Å²) in [5, 5.41) is 3.19. The molecule has 0 bridgehead atoms. The third-order valence-electron chi connectivity index (χ3n) is 3.41. The van der Waals surface area contributed by atoms with Gasteiger partial charge in [0.1, 0.15) is 0 Å². The largest absolute Gasteiger partial charge is 0.465 e. The highest BCUT2D eigenvalue weighted by atomic mass is 35.5. The molecule has 1 saturated heterocycles. The first-order chi connectivity index (χ1) is 9.51. The lowest BCUT2D eigenvalue weighted by Gasteiger charge is -2.13. The Bertz CT molecular complexity index is 533. The molecule has 1 aromatic rings. The van der Waals surface area contributed by atoms with Gasteiger partial charge in [-0.1, -0.05) is 11.6 Å². The molecule has 1 heterocycles. The molecule has 1 unspecified atom stereocenters. The zero-order chi connectivity index (χ0) is 14.7. The Labute approximate surface area is 122 Å². The molecule has 1 amide bonds. The summed E-state index contributed by atoms with van der Waals surface area (Å²) in [7, 11) is 3.29. The van der Waals surface area contributed by atoms with Crippen LogP contribution in [-0.4, -0.2) is 44.0 Å². The molecule has 0 aromatic heterocycles. The highest BCUT2D eigenvalue weighted by molar-refractivity contribution is 6.33. The maximum atomic E-state index is 12.2. The van der Waals surface area contributed by atoms with Crippen molar-refractivity contribution in [1.82, 2.24) is 4.90 Å². The van der Waals surface area contributed by atoms with Gasteiger partial charge in [0, 0.05) is 6.54 Å². The molecule has 0 spiro atoms. The molecule has 20 heavy (non-hydrogen) atoms. The highest BCUT2D eigenvalue weighted by Gasteiger charge is 2.26. The van der Waals surface area contributed by atoms with E-state index in [0.717, 1.165) is 19.5 Å². The number of hydrogen-bond acceptors (Lipinski definition) is 4. The molecule has 0 aliphatic carbocycles. The minimum atomic E-state index is -0.460. The topological polar surface area (TPSA) is 58.6 Å². The second kappa shape index (κ2) is 6.24. The number of amides is 1. The molecule has 108 valence electrons. The van der Waals surface area contributed by atoms with Crippen molar-refractivity contribution in [1.29, 1.82) is 0 Å². The van der Waals surface area contributed by atoms with Crippen LogP contribution in [0.3, 0.4) is 0 Å². The first-order valence-electron chi connectivity index (χ1n) is 6.38. The summed E-state index contributed by atoms with van der Waals surface area (Å²) in [5.74, 6) is -0.575. The van der Waals surface area contributed by atoms with Gasteiger partial charge in [-0.15, -0.1) is 0 Å². The summed E-state index contributed by atoms with van der Waals surface area (Å²) < 4.78 is 4.65. The lowest BCUT2D eigenvalue weighted by atomic mass is 10.1. The first-order valence-corrected chi connectivity index (χ1v) is 6.76. The number of anilines is 1. The molecule has 0 saturated carbocycles. The average molecular weight is 297 g/mol. The normalized spacial score (nSPS) is 18.9. The van der Waals surface area contributed by atoms with E-state index in [2.05, 4.69) is 15.0 Å². The van der Waals surface area contributed by atoms with Gasteiger partial charge < -0.3 is 15.0 Å². The van der Waals surface area contributed by atoms with E-state index < -0.39 is 5.97 Å². The summed E-state index contributed by atoms with van der Waals surface area (Å²) in [6.45, 7) is 1.65. The predicted octanol–water partition coefficient (Wildman–Crippen LogP) is 2.02. The second-order valence-corrected chi connectivity index (χ2v) is 5.33. The number of carbonyl (C=O) groups excluding carboxylic acids is 2. The van der Waals surface area contributed by atoms with Crippen LogP contribution in [0.15, 0.2) is 18.2 Å². The molecule has 5 nitrogen and oxygen atoms in total. The van der Waals surface area contributed by atoms with Gasteiger partial charge in [-0.05, 0) is 38.2 Å². The van der Waals surface area contributed by atoms with Crippen LogP contribution in [0, 0.1) is 5.92 Å². The predicted molar refractivity (Wildman–Crippen MR) is 77.0 cm³/mol. The van der Waals surface area contributed by atoms with Crippen LogP contribution in [-0.2, 0) is 9.53 Å². The zero-order valence-corrected chi connectivity index (χ0v) is 12.2. The average Bonchev–Trinajstić information content (AvgIpc) is 2.87. The van der Waals surface area contributed by atoms with Crippen molar-refractivity contribution in [2.24, 2.45) is 5.92 Å². The van der Waals surface area contributed by atoms with Gasteiger partial charge in [0.05, 0.1) is 29.3 Å². The van der Waals surface area contributed by atoms with E-state index in [9.17, 15) is 9.59 Å². The second-order valence-electron chi connectivity index (χ2n) is 4.92. The SMILES string of the molecule is COC(=O)c1ccc(Cl)c(NC(=O)C2CCN(C)C2)c1. The summed E-state index contributed by atoms with van der Waals surface area (Å²) in [6, 6.07) is 4.67. The number of likely N-dealkylation sites (tertiary alicyclic amines) is 1. The van der Waals surface area contributed by atoms with E-state index in [1.54, 1.807) is 12.1 Å². The van der Waals surface area contributed by atoms with Crippen molar-refractivity contribution < 1.29 is 14.3 Å². The molecule has 1 atom stereocenters. The molecule has 1 N–H and O–H groups in total. The van der Waals surface area contributed by atoms with Gasteiger partial charge in [-0.2, -0.15) is 0 Å². The maximum Gasteiger partial charge on any atom is 0.337 e. The first kappa shape index (κ1) is 14.8. The van der Waals surface area contributed by atoms with E-state index in [-0.39, 0.29) is 11.8 Å². The zero-order valence-electron chi connectivity index (χ0n) is 11.5. The minimum absolute atomic E-state index is 0.0437. The van der Waals surface area contributed by atoms with Gasteiger partial charge in [0.15, 0.2) is 0 Å². The van der Waals surface area contributed by atoms with Crippen LogP contribution >= 0.6 is 11.6 Å². The number of methoxy groups -OCH3 is 1. The quantitative estimate of drug-likeness (QED) is 0.867. The Kier molecular flexibility index (Phi) is 4.62. The fourth-order valence-corrected chi connectivity index (χ4v) is 2.41. The summed E-state index contributed by atoms with van der Waals surface area (Å²) in [4.78, 5) is 25.7. The van der Waals surface area contributed by atoms with Crippen molar-refractivity contribution in [2.75, 3.05) is 32.6 Å². The van der Waals surface area contributed by atoms with E-state index in [1.165, 1.54) is 13.2 Å². The number of hydrogen-bond donors (Lipinski definition) is 1. The van der Waals surface area contributed by atoms with Crippen molar-refractivity contribution in [3.8, 4) is 0 Å². The number of rotatable bonds is 3. The Balaban J connectivity index is 2.12. The molecule has 1 aliphatic heterocycles. The molecule has 1 fully saturated rings. The van der Waals surface area contributed by atoms with E-state index in [4.69, 9.17) is 11.6 Å². The monoisotopic (exact) mass is 296 g/mol. The molecular formula is C14H17ClN2O3. The fraction of sp³-hybridized carbons (Fsp3) is 0.429. The van der Waals surface area contributed by atoms with Crippen molar-refractivity contribution in [2.45, 2.75) is 6.42 Å². The Hall–Kier alpha value is -1.59. The summed E-state index contributed by atoms with van der Waals surface area (Å²) in [6.07, 6.45) is 0.830. The van der Waals surface area contributed by atoms with Crippen LogP contribution in [0.25, 0.3) is 0 Å². The minimum Gasteiger partial charge on any atom is -0.465 e. The number of esters is 1. The molecular weight excluding hydrogens is 280 g/mol. The molecule has 1 aromatic carbocycles. The number of nitrogens with one attached hydrogen (secondary N) is 1. The molecule has 2 rings (SSSR count). The van der Waals surface area contributed by atoms with E-state index >= 15 is 0 Å². The summed E-state index contributed by atoms with van der Waals surface area (Å²) >= 11 is 6.05. The van der Waals surface area contributed by atoms with Crippen LogP contribution in [0.2, 0.25) is 5.02 Å². The van der Waals surface area contributed by atoms with Gasteiger partial charge in [0.25, 0.3) is 0 Å². The highest BCUT2D eigenvalue weighted by Crippen LogP contribution is 2.25. The van der Waals surface area contributed by atoms with Crippen LogP contribution in [0.4, 0.5) is 5.69 Å². The fourth-order valence-electron chi connectivity index (χ4n) is 2.25. The standard InChI is InChI=1S/C14H17ClN2O3/c1-17-6-5-10(8-17)13(18)16-12-7-9(14(19)20-2)3-4-11(12)15/h3-4,7,10H,5-6,8H2,1-2H3,(H,16,18). The van der Waals surface area contributed by atoms with Crippen LogP contribution in [0.1, 0.15) is 16.8 Å². The number of benzene rings is 1. The lowest BCUT2D eigenvalue weighted by Crippen LogP contribution is -2.25. The van der Waals surface area contributed by atoms with Gasteiger partial charge in [0.2, 0.25) is 5.91 Å². The van der Waals surface area contributed by atoms with E-state index in [1.807, 2.05) is 7.05 Å². The third-order valence-corrected chi connectivity index (χ3v) is 3.74. The Morgan fingerprint density at radius 1 is 1.45 bits per heavy atom. The van der Waals surface area contributed by atoms with Crippen molar-refractivity contribution >= 4 is 29.2 Å². The van der Waals surface area contributed by atoms with Crippen LogP contribution < -0.4 is 5.32 Å². The van der Waals surface area contributed by atoms with Gasteiger partial charge >= 0.3 is 5.97 Å². The Morgan fingerprint density at radius 3 is 2.80 bits per heavy atom. The lowest BCUT2D eigenvalue weighted by molar-refractivity contribution is -0.119. The van der Waals surface area contributed by atoms with Crippen LogP contribution in [0.5, 0.6) is 0 Å². The Morgan fingerprint density at radius 2 is 2.20 bits per heavy atom. The number of halogens is 1. The number of carbonyl (C=O) groups is 2. The van der Waals surface area contributed by atoms with Crippen molar-refractivity contribution in [3.63, 3.8) is 0 Å². The molecule has 0 radical (unpaired) electrons. The van der Waals surface area contributed by atoms with Gasteiger partial charge in [-0.3, -0.25) is 4.79 Å².